The maximum absolute atomic E-state index is 13.3. The first-order valence-electron chi connectivity index (χ1n) is 6.56. The lowest BCUT2D eigenvalue weighted by Crippen LogP contribution is -2.20. The van der Waals surface area contributed by atoms with Crippen molar-refractivity contribution in [3.8, 4) is 5.75 Å². The maximum Gasteiger partial charge on any atom is 0.165 e. The van der Waals surface area contributed by atoms with E-state index in [1.54, 1.807) is 6.07 Å². The first-order valence-corrected chi connectivity index (χ1v) is 6.94. The Labute approximate surface area is 123 Å². The summed E-state index contributed by atoms with van der Waals surface area (Å²) in [5, 5.41) is 13.2. The minimum Gasteiger partial charge on any atom is -0.505 e. The summed E-state index contributed by atoms with van der Waals surface area (Å²) in [6, 6.07) is 12.3. The summed E-state index contributed by atoms with van der Waals surface area (Å²) in [5.41, 5.74) is 1.90. The van der Waals surface area contributed by atoms with Gasteiger partial charge in [0.25, 0.3) is 0 Å². The van der Waals surface area contributed by atoms with Crippen LogP contribution in [0.4, 0.5) is 4.39 Å². The molecule has 0 saturated heterocycles. The Morgan fingerprint density at radius 3 is 2.70 bits per heavy atom. The van der Waals surface area contributed by atoms with E-state index in [-0.39, 0.29) is 11.8 Å². The number of hydrogen-bond donors (Lipinski definition) is 2. The van der Waals surface area contributed by atoms with Gasteiger partial charge < -0.3 is 10.4 Å². The summed E-state index contributed by atoms with van der Waals surface area (Å²) >= 11 is 6.00. The van der Waals surface area contributed by atoms with Crippen LogP contribution >= 0.6 is 11.6 Å². The summed E-state index contributed by atoms with van der Waals surface area (Å²) in [6.07, 6.45) is 0.904. The minimum atomic E-state index is -0.597. The zero-order valence-corrected chi connectivity index (χ0v) is 12.0. The summed E-state index contributed by atoms with van der Waals surface area (Å²) in [7, 11) is 0. The van der Waals surface area contributed by atoms with Crippen LogP contribution in [-0.2, 0) is 6.54 Å². The second-order valence-electron chi connectivity index (χ2n) is 4.68. The van der Waals surface area contributed by atoms with Crippen LogP contribution in [0.2, 0.25) is 5.02 Å². The summed E-state index contributed by atoms with van der Waals surface area (Å²) in [6.45, 7) is 2.61. The number of nitrogens with one attached hydrogen (secondary N) is 1. The van der Waals surface area contributed by atoms with Gasteiger partial charge in [-0.25, -0.2) is 4.39 Å². The normalized spacial score (nSPS) is 12.3. The van der Waals surface area contributed by atoms with Crippen molar-refractivity contribution in [3.63, 3.8) is 0 Å². The second-order valence-corrected chi connectivity index (χ2v) is 5.12. The van der Waals surface area contributed by atoms with Crippen LogP contribution in [0.3, 0.4) is 0 Å². The Kier molecular flexibility index (Phi) is 4.99. The van der Waals surface area contributed by atoms with Crippen LogP contribution in [0.5, 0.6) is 5.75 Å². The maximum atomic E-state index is 13.3. The zero-order valence-electron chi connectivity index (χ0n) is 11.2. The number of phenols is 1. The predicted octanol–water partition coefficient (Wildman–Crippen LogP) is 4.43. The van der Waals surface area contributed by atoms with Gasteiger partial charge in [-0.15, -0.1) is 0 Å². The molecule has 0 amide bonds. The molecular weight excluding hydrogens is 277 g/mol. The van der Waals surface area contributed by atoms with Gasteiger partial charge in [0.1, 0.15) is 0 Å². The molecule has 20 heavy (non-hydrogen) atoms. The smallest absolute Gasteiger partial charge is 0.165 e. The molecule has 0 aliphatic heterocycles. The summed E-state index contributed by atoms with van der Waals surface area (Å²) in [4.78, 5) is 0. The fourth-order valence-corrected chi connectivity index (χ4v) is 2.32. The van der Waals surface area contributed by atoms with E-state index >= 15 is 0 Å². The average molecular weight is 294 g/mol. The SMILES string of the molecule is CCC(NCc1ccc(O)c(F)c1)c1cccc(Cl)c1. The molecule has 2 aromatic rings. The van der Waals surface area contributed by atoms with Crippen LogP contribution in [-0.4, -0.2) is 5.11 Å². The number of hydrogen-bond acceptors (Lipinski definition) is 2. The molecule has 0 aliphatic rings. The van der Waals surface area contributed by atoms with E-state index in [1.807, 2.05) is 24.3 Å². The van der Waals surface area contributed by atoms with Gasteiger partial charge in [-0.1, -0.05) is 36.7 Å². The molecule has 0 bridgehead atoms. The summed E-state index contributed by atoms with van der Waals surface area (Å²) in [5.74, 6) is -0.921. The lowest BCUT2D eigenvalue weighted by Gasteiger charge is -2.18. The lowest BCUT2D eigenvalue weighted by atomic mass is 10.0. The van der Waals surface area contributed by atoms with E-state index < -0.39 is 5.82 Å². The highest BCUT2D eigenvalue weighted by Gasteiger charge is 2.09. The van der Waals surface area contributed by atoms with E-state index in [1.165, 1.54) is 12.1 Å². The van der Waals surface area contributed by atoms with E-state index in [0.29, 0.717) is 11.6 Å². The first-order chi connectivity index (χ1) is 9.60. The van der Waals surface area contributed by atoms with Gasteiger partial charge in [-0.05, 0) is 41.8 Å². The Hall–Kier alpha value is -1.58. The Balaban J connectivity index is 2.05. The highest BCUT2D eigenvalue weighted by atomic mass is 35.5. The predicted molar refractivity (Wildman–Crippen MR) is 79.4 cm³/mol. The fraction of sp³-hybridized carbons (Fsp3) is 0.250. The van der Waals surface area contributed by atoms with Crippen molar-refractivity contribution < 1.29 is 9.50 Å². The third-order valence-electron chi connectivity index (χ3n) is 3.22. The van der Waals surface area contributed by atoms with Crippen molar-refractivity contribution in [1.29, 1.82) is 0 Å². The monoisotopic (exact) mass is 293 g/mol. The summed E-state index contributed by atoms with van der Waals surface area (Å²) < 4.78 is 13.3. The van der Waals surface area contributed by atoms with Crippen molar-refractivity contribution >= 4 is 11.6 Å². The number of benzene rings is 2. The van der Waals surface area contributed by atoms with Gasteiger partial charge in [-0.2, -0.15) is 0 Å². The van der Waals surface area contributed by atoms with Gasteiger partial charge in [0, 0.05) is 17.6 Å². The molecule has 2 aromatic carbocycles. The molecule has 0 spiro atoms. The molecule has 2 rings (SSSR count). The topological polar surface area (TPSA) is 32.3 Å². The highest BCUT2D eigenvalue weighted by molar-refractivity contribution is 6.30. The third kappa shape index (κ3) is 3.71. The molecule has 0 saturated carbocycles. The van der Waals surface area contributed by atoms with Crippen LogP contribution in [0.25, 0.3) is 0 Å². The molecule has 1 atom stereocenters. The Morgan fingerprint density at radius 2 is 2.05 bits per heavy atom. The largest absolute Gasteiger partial charge is 0.505 e. The molecule has 0 aromatic heterocycles. The van der Waals surface area contributed by atoms with Crippen LogP contribution in [0.15, 0.2) is 42.5 Å². The van der Waals surface area contributed by atoms with E-state index in [2.05, 4.69) is 12.2 Å². The van der Waals surface area contributed by atoms with Gasteiger partial charge in [-0.3, -0.25) is 0 Å². The van der Waals surface area contributed by atoms with Crippen molar-refractivity contribution in [1.82, 2.24) is 5.32 Å². The average Bonchev–Trinajstić information content (AvgIpc) is 2.43. The van der Waals surface area contributed by atoms with Gasteiger partial charge in [0.05, 0.1) is 0 Å². The second kappa shape index (κ2) is 6.73. The molecule has 0 fully saturated rings. The molecule has 0 aliphatic carbocycles. The molecule has 1 unspecified atom stereocenters. The quantitative estimate of drug-likeness (QED) is 0.855. The number of aromatic hydroxyl groups is 1. The zero-order chi connectivity index (χ0) is 14.5. The minimum absolute atomic E-state index is 0.158. The van der Waals surface area contributed by atoms with Gasteiger partial charge >= 0.3 is 0 Å². The molecule has 4 heteroatoms. The lowest BCUT2D eigenvalue weighted by molar-refractivity contribution is 0.431. The van der Waals surface area contributed by atoms with E-state index in [4.69, 9.17) is 16.7 Å². The van der Waals surface area contributed by atoms with E-state index in [9.17, 15) is 4.39 Å². The molecular formula is C16H17ClFNO. The van der Waals surface area contributed by atoms with E-state index in [0.717, 1.165) is 17.5 Å². The highest BCUT2D eigenvalue weighted by Crippen LogP contribution is 2.21. The molecule has 2 nitrogen and oxygen atoms in total. The number of rotatable bonds is 5. The van der Waals surface area contributed by atoms with Crippen LogP contribution < -0.4 is 5.32 Å². The molecule has 0 radical (unpaired) electrons. The van der Waals surface area contributed by atoms with Crippen molar-refractivity contribution in [2.75, 3.05) is 0 Å². The third-order valence-corrected chi connectivity index (χ3v) is 3.46. The van der Waals surface area contributed by atoms with Crippen molar-refractivity contribution in [2.45, 2.75) is 25.9 Å². The molecule has 106 valence electrons. The number of phenolic OH excluding ortho intramolecular Hbond substituents is 1. The Morgan fingerprint density at radius 1 is 1.25 bits per heavy atom. The van der Waals surface area contributed by atoms with Crippen molar-refractivity contribution in [3.05, 3.63) is 64.4 Å². The fourth-order valence-electron chi connectivity index (χ4n) is 2.12. The van der Waals surface area contributed by atoms with Crippen LogP contribution in [0, 0.1) is 5.82 Å². The van der Waals surface area contributed by atoms with Crippen molar-refractivity contribution in [2.24, 2.45) is 0 Å². The number of halogens is 2. The molecule has 0 heterocycles. The van der Waals surface area contributed by atoms with Crippen LogP contribution in [0.1, 0.15) is 30.5 Å². The molecule has 2 N–H and O–H groups in total. The standard InChI is InChI=1S/C16H17ClFNO/c1-2-15(12-4-3-5-13(17)9-12)19-10-11-6-7-16(20)14(18)8-11/h3-9,15,19-20H,2,10H2,1H3. The van der Waals surface area contributed by atoms with Gasteiger partial charge in [0.2, 0.25) is 0 Å². The first kappa shape index (κ1) is 14.8. The van der Waals surface area contributed by atoms with Gasteiger partial charge in [0.15, 0.2) is 11.6 Å². The Bertz CT molecular complexity index is 588.